The minimum Gasteiger partial charge on any atom is -0.493 e. The van der Waals surface area contributed by atoms with E-state index in [0.717, 1.165) is 24.2 Å². The van der Waals surface area contributed by atoms with E-state index in [9.17, 15) is 19.5 Å². The lowest BCUT2D eigenvalue weighted by atomic mass is 9.63. The molecule has 1 saturated carbocycles. The van der Waals surface area contributed by atoms with Crippen LogP contribution in [0, 0.1) is 0 Å². The molecular formula is C22H28N2O5S. The summed E-state index contributed by atoms with van der Waals surface area (Å²) in [6.07, 6.45) is 3.22. The number of ether oxygens (including phenoxy) is 1. The van der Waals surface area contributed by atoms with Crippen LogP contribution in [0.25, 0.3) is 0 Å². The van der Waals surface area contributed by atoms with Crippen molar-refractivity contribution in [3.63, 3.8) is 0 Å². The lowest BCUT2D eigenvalue weighted by molar-refractivity contribution is -0.161. The second kappa shape index (κ2) is 7.48. The largest absolute Gasteiger partial charge is 0.493 e. The van der Waals surface area contributed by atoms with Gasteiger partial charge >= 0.3 is 5.97 Å². The van der Waals surface area contributed by atoms with Crippen LogP contribution >= 0.6 is 11.8 Å². The van der Waals surface area contributed by atoms with E-state index in [4.69, 9.17) is 4.74 Å². The summed E-state index contributed by atoms with van der Waals surface area (Å²) < 4.78 is 5.29. The summed E-state index contributed by atoms with van der Waals surface area (Å²) in [5.74, 6) is -0.774. The summed E-state index contributed by atoms with van der Waals surface area (Å²) in [6.45, 7) is 6.27. The maximum atomic E-state index is 13.4. The Morgan fingerprint density at radius 3 is 2.60 bits per heavy atom. The van der Waals surface area contributed by atoms with Gasteiger partial charge in [-0.05, 0) is 39.2 Å². The van der Waals surface area contributed by atoms with E-state index in [2.05, 4.69) is 5.32 Å². The van der Waals surface area contributed by atoms with Crippen molar-refractivity contribution in [1.82, 2.24) is 10.2 Å². The Kier molecular flexibility index (Phi) is 5.24. The molecule has 2 heterocycles. The Hall–Kier alpha value is -2.22. The summed E-state index contributed by atoms with van der Waals surface area (Å²) in [4.78, 5) is 39.3. The summed E-state index contributed by atoms with van der Waals surface area (Å²) in [6, 6.07) is 6.06. The van der Waals surface area contributed by atoms with Crippen LogP contribution in [0.1, 0.15) is 52.0 Å². The van der Waals surface area contributed by atoms with Crippen LogP contribution in [0.5, 0.6) is 5.75 Å². The fourth-order valence-electron chi connectivity index (χ4n) is 4.77. The number of carboxylic acid groups (broad SMARTS) is 1. The van der Waals surface area contributed by atoms with E-state index in [1.54, 1.807) is 0 Å². The molecule has 2 aliphatic heterocycles. The molecule has 2 unspecified atom stereocenters. The molecule has 2 saturated heterocycles. The van der Waals surface area contributed by atoms with Crippen LogP contribution in [0.4, 0.5) is 0 Å². The third-order valence-corrected chi connectivity index (χ3v) is 8.04. The van der Waals surface area contributed by atoms with Crippen molar-refractivity contribution in [2.75, 3.05) is 6.61 Å². The topological polar surface area (TPSA) is 95.9 Å². The monoisotopic (exact) mass is 432 g/mol. The number of nitrogens with one attached hydrogen (secondary N) is 1. The number of nitrogens with zero attached hydrogens (tertiary/aromatic N) is 1. The smallest absolute Gasteiger partial charge is 0.327 e. The SMILES string of the molecule is CCCOc1ccccc1C1(C(=O)N[C@H]2C(=O)N3C2SC(C)(C)C3C(=O)O)CCC1. The van der Waals surface area contributed by atoms with E-state index in [1.807, 2.05) is 45.0 Å². The number of thioether (sulfide) groups is 1. The van der Waals surface area contributed by atoms with Crippen LogP contribution in [0.2, 0.25) is 0 Å². The number of benzene rings is 1. The minimum absolute atomic E-state index is 0.170. The number of fused-ring (bicyclic) bond motifs is 1. The fourth-order valence-corrected chi connectivity index (χ4v) is 6.40. The van der Waals surface area contributed by atoms with E-state index >= 15 is 0 Å². The highest BCUT2D eigenvalue weighted by Gasteiger charge is 2.65. The van der Waals surface area contributed by atoms with E-state index in [-0.39, 0.29) is 17.2 Å². The third kappa shape index (κ3) is 3.07. The van der Waals surface area contributed by atoms with Gasteiger partial charge in [-0.25, -0.2) is 4.79 Å². The average Bonchev–Trinajstić information content (AvgIpc) is 2.92. The first-order valence-electron chi connectivity index (χ1n) is 10.5. The number of rotatable bonds is 7. The molecule has 0 radical (unpaired) electrons. The molecule has 4 rings (SSSR count). The maximum Gasteiger partial charge on any atom is 0.327 e. The van der Waals surface area contributed by atoms with Gasteiger partial charge in [-0.2, -0.15) is 0 Å². The summed E-state index contributed by atoms with van der Waals surface area (Å²) in [5.41, 5.74) is 0.171. The van der Waals surface area contributed by atoms with Crippen LogP contribution in [0.15, 0.2) is 24.3 Å². The van der Waals surface area contributed by atoms with Crippen molar-refractivity contribution >= 4 is 29.5 Å². The van der Waals surface area contributed by atoms with Crippen molar-refractivity contribution in [3.8, 4) is 5.75 Å². The van der Waals surface area contributed by atoms with Gasteiger partial charge in [0, 0.05) is 10.3 Å². The number of carbonyl (C=O) groups is 3. The Morgan fingerprint density at radius 2 is 2.00 bits per heavy atom. The standard InChI is InChI=1S/C22H28N2O5S/c1-4-12-29-14-9-6-5-8-13(14)22(10-7-11-22)20(28)23-15-17(25)24-16(19(26)27)21(2,3)30-18(15)24/h5-6,8-9,15-16,18H,4,7,10-12H2,1-3H3,(H,23,28)(H,26,27)/t15-,16?,18?/m0/s1. The number of hydrogen-bond acceptors (Lipinski definition) is 5. The average molecular weight is 433 g/mol. The molecule has 162 valence electrons. The van der Waals surface area contributed by atoms with Gasteiger partial charge in [0.15, 0.2) is 0 Å². The molecule has 2 N–H and O–H groups in total. The molecule has 0 aromatic heterocycles. The Morgan fingerprint density at radius 1 is 1.30 bits per heavy atom. The molecule has 8 heteroatoms. The van der Waals surface area contributed by atoms with E-state index in [1.165, 1.54) is 16.7 Å². The van der Waals surface area contributed by atoms with Crippen LogP contribution in [0.3, 0.4) is 0 Å². The molecule has 3 aliphatic rings. The molecular weight excluding hydrogens is 404 g/mol. The lowest BCUT2D eigenvalue weighted by Crippen LogP contribution is -2.72. The first kappa shape index (κ1) is 21.0. The normalized spacial score (nSPS) is 28.2. The van der Waals surface area contributed by atoms with Crippen LogP contribution in [-0.2, 0) is 19.8 Å². The molecule has 0 spiro atoms. The molecule has 1 aromatic rings. The van der Waals surface area contributed by atoms with Gasteiger partial charge in [-0.15, -0.1) is 11.8 Å². The number of carboxylic acids is 1. The zero-order chi connectivity index (χ0) is 21.7. The second-order valence-corrected chi connectivity index (χ2v) is 10.6. The number of β-lactam (4-membered cyclic amide) rings is 1. The zero-order valence-electron chi connectivity index (χ0n) is 17.5. The van der Waals surface area contributed by atoms with Gasteiger partial charge in [0.05, 0.1) is 12.0 Å². The Balaban J connectivity index is 1.55. The second-order valence-electron chi connectivity index (χ2n) is 8.83. The van der Waals surface area contributed by atoms with Gasteiger partial charge in [0.25, 0.3) is 0 Å². The van der Waals surface area contributed by atoms with Crippen molar-refractivity contribution in [1.29, 1.82) is 0 Å². The van der Waals surface area contributed by atoms with Gasteiger partial charge in [-0.1, -0.05) is 31.5 Å². The number of amides is 2. The van der Waals surface area contributed by atoms with Gasteiger partial charge in [0.1, 0.15) is 23.2 Å². The number of hydrogen-bond donors (Lipinski definition) is 2. The Bertz CT molecular complexity index is 882. The third-order valence-electron chi connectivity index (χ3n) is 6.47. The molecule has 2 amide bonds. The summed E-state index contributed by atoms with van der Waals surface area (Å²) in [7, 11) is 0. The fraction of sp³-hybridized carbons (Fsp3) is 0.591. The first-order valence-corrected chi connectivity index (χ1v) is 11.4. The quantitative estimate of drug-likeness (QED) is 0.643. The maximum absolute atomic E-state index is 13.4. The Labute approximate surface area is 180 Å². The molecule has 1 aliphatic carbocycles. The molecule has 3 fully saturated rings. The highest BCUT2D eigenvalue weighted by Crippen LogP contribution is 2.52. The number of para-hydroxylation sites is 1. The minimum atomic E-state index is -1.01. The van der Waals surface area contributed by atoms with Crippen molar-refractivity contribution in [2.45, 2.75) is 74.1 Å². The van der Waals surface area contributed by atoms with Crippen LogP contribution < -0.4 is 10.1 Å². The predicted molar refractivity (Wildman–Crippen MR) is 113 cm³/mol. The van der Waals surface area contributed by atoms with Gasteiger partial charge in [-0.3, -0.25) is 9.59 Å². The number of aliphatic carboxylic acids is 1. The highest BCUT2D eigenvalue weighted by molar-refractivity contribution is 8.01. The van der Waals surface area contributed by atoms with Crippen molar-refractivity contribution in [3.05, 3.63) is 29.8 Å². The molecule has 3 atom stereocenters. The van der Waals surface area contributed by atoms with Gasteiger partial charge in [0.2, 0.25) is 11.8 Å². The lowest BCUT2D eigenvalue weighted by Gasteiger charge is -2.47. The highest BCUT2D eigenvalue weighted by atomic mass is 32.2. The summed E-state index contributed by atoms with van der Waals surface area (Å²) in [5, 5.41) is 12.2. The van der Waals surface area contributed by atoms with E-state index in [0.29, 0.717) is 19.4 Å². The molecule has 0 bridgehead atoms. The summed E-state index contributed by atoms with van der Waals surface area (Å²) >= 11 is 1.44. The predicted octanol–water partition coefficient (Wildman–Crippen LogP) is 2.53. The van der Waals surface area contributed by atoms with E-state index < -0.39 is 28.2 Å². The molecule has 7 nitrogen and oxygen atoms in total. The number of carbonyl (C=O) groups excluding carboxylic acids is 2. The zero-order valence-corrected chi connectivity index (χ0v) is 18.3. The van der Waals surface area contributed by atoms with Crippen LogP contribution in [-0.4, -0.2) is 56.6 Å². The first-order chi connectivity index (χ1) is 14.2. The van der Waals surface area contributed by atoms with Crippen molar-refractivity contribution < 1.29 is 24.2 Å². The van der Waals surface area contributed by atoms with Gasteiger partial charge < -0.3 is 20.1 Å². The molecule has 1 aromatic carbocycles. The molecule has 30 heavy (non-hydrogen) atoms. The van der Waals surface area contributed by atoms with Crippen molar-refractivity contribution in [2.24, 2.45) is 0 Å².